The molecule has 0 spiro atoms. The Labute approximate surface area is 192 Å². The highest BCUT2D eigenvalue weighted by atomic mass is 19.1. The largest absolute Gasteiger partial charge is 0.457 e. The van der Waals surface area contributed by atoms with Gasteiger partial charge in [-0.3, -0.25) is 9.78 Å². The third-order valence-electron chi connectivity index (χ3n) is 4.77. The maximum absolute atomic E-state index is 13.4. The summed E-state index contributed by atoms with van der Waals surface area (Å²) < 4.78 is 32.8. The normalized spacial score (nSPS) is 10.8. The van der Waals surface area contributed by atoms with Crippen LogP contribution >= 0.6 is 0 Å². The van der Waals surface area contributed by atoms with Crippen LogP contribution in [-0.2, 0) is 6.54 Å². The molecule has 0 atom stereocenters. The molecule has 170 valence electrons. The van der Waals surface area contributed by atoms with Crippen molar-refractivity contribution in [1.29, 1.82) is 0 Å². The molecule has 0 saturated carbocycles. The molecule has 0 aliphatic carbocycles. The standard InChI is InChI=1S/C26H25F2N3O2/c1-17(9-11-31(3)4)24-15-22(8-10-29-24)33-25-7-5-6-23(18(25)2)26(32)30-16-19-12-20(27)14-21(28)13-19/h5-15H,1,16H2,2-4H3,(H,30,32)/b11-9-. The average Bonchev–Trinajstić information content (AvgIpc) is 2.77. The van der Waals surface area contributed by atoms with Gasteiger partial charge in [-0.15, -0.1) is 0 Å². The minimum absolute atomic E-state index is 0.00562. The number of ether oxygens (including phenoxy) is 1. The third kappa shape index (κ3) is 6.49. The lowest BCUT2D eigenvalue weighted by Gasteiger charge is -2.13. The molecule has 0 aliphatic heterocycles. The van der Waals surface area contributed by atoms with Crippen LogP contribution in [0.5, 0.6) is 11.5 Å². The van der Waals surface area contributed by atoms with Crippen LogP contribution in [0.25, 0.3) is 5.57 Å². The van der Waals surface area contributed by atoms with E-state index in [1.165, 1.54) is 12.1 Å². The van der Waals surface area contributed by atoms with E-state index in [1.54, 1.807) is 43.5 Å². The molecule has 33 heavy (non-hydrogen) atoms. The fourth-order valence-electron chi connectivity index (χ4n) is 3.06. The first-order valence-corrected chi connectivity index (χ1v) is 10.2. The van der Waals surface area contributed by atoms with E-state index in [1.807, 2.05) is 31.3 Å². The Morgan fingerprint density at radius 3 is 2.58 bits per heavy atom. The summed E-state index contributed by atoms with van der Waals surface area (Å²) in [4.78, 5) is 18.9. The minimum Gasteiger partial charge on any atom is -0.457 e. The van der Waals surface area contributed by atoms with Crippen LogP contribution in [0.3, 0.4) is 0 Å². The van der Waals surface area contributed by atoms with Crippen molar-refractivity contribution in [3.8, 4) is 11.5 Å². The summed E-state index contributed by atoms with van der Waals surface area (Å²) >= 11 is 0. The van der Waals surface area contributed by atoms with E-state index in [9.17, 15) is 13.6 Å². The fourth-order valence-corrected chi connectivity index (χ4v) is 3.06. The molecule has 0 bridgehead atoms. The van der Waals surface area contributed by atoms with E-state index < -0.39 is 11.6 Å². The van der Waals surface area contributed by atoms with Gasteiger partial charge in [-0.1, -0.05) is 12.6 Å². The zero-order valence-corrected chi connectivity index (χ0v) is 18.7. The summed E-state index contributed by atoms with van der Waals surface area (Å²) in [5, 5.41) is 2.69. The molecule has 1 aromatic heterocycles. The Morgan fingerprint density at radius 2 is 1.88 bits per heavy atom. The molecular weight excluding hydrogens is 424 g/mol. The van der Waals surface area contributed by atoms with E-state index >= 15 is 0 Å². The van der Waals surface area contributed by atoms with Crippen molar-refractivity contribution in [3.05, 3.63) is 108 Å². The second-order valence-corrected chi connectivity index (χ2v) is 7.67. The summed E-state index contributed by atoms with van der Waals surface area (Å²) in [6.45, 7) is 5.79. The highest BCUT2D eigenvalue weighted by molar-refractivity contribution is 5.96. The highest BCUT2D eigenvalue weighted by Gasteiger charge is 2.14. The maximum atomic E-state index is 13.4. The van der Waals surface area contributed by atoms with Gasteiger partial charge in [0, 0.05) is 50.1 Å². The number of pyridine rings is 1. The molecule has 5 nitrogen and oxygen atoms in total. The third-order valence-corrected chi connectivity index (χ3v) is 4.77. The lowest BCUT2D eigenvalue weighted by molar-refractivity contribution is 0.0950. The van der Waals surface area contributed by atoms with Gasteiger partial charge < -0.3 is 15.0 Å². The predicted octanol–water partition coefficient (Wildman–Crippen LogP) is 5.48. The van der Waals surface area contributed by atoms with Crippen LogP contribution in [0.2, 0.25) is 0 Å². The molecule has 0 fully saturated rings. The Hall–Kier alpha value is -4.00. The summed E-state index contributed by atoms with van der Waals surface area (Å²) in [6, 6.07) is 11.8. The molecule has 3 rings (SSSR count). The van der Waals surface area contributed by atoms with E-state index in [0.29, 0.717) is 33.9 Å². The number of nitrogens with zero attached hydrogens (tertiary/aromatic N) is 2. The number of aromatic nitrogens is 1. The molecule has 0 radical (unpaired) electrons. The minimum atomic E-state index is -0.692. The Bertz CT molecular complexity index is 1190. The number of hydrogen-bond donors (Lipinski definition) is 1. The van der Waals surface area contributed by atoms with Crippen molar-refractivity contribution in [3.63, 3.8) is 0 Å². The smallest absolute Gasteiger partial charge is 0.251 e. The summed E-state index contributed by atoms with van der Waals surface area (Å²) in [7, 11) is 3.83. The molecule has 2 aromatic carbocycles. The van der Waals surface area contributed by atoms with E-state index in [0.717, 1.165) is 11.6 Å². The number of amides is 1. The van der Waals surface area contributed by atoms with Crippen LogP contribution in [0.4, 0.5) is 8.78 Å². The molecule has 1 amide bonds. The topological polar surface area (TPSA) is 54.5 Å². The lowest BCUT2D eigenvalue weighted by Crippen LogP contribution is -2.23. The molecule has 0 unspecified atom stereocenters. The van der Waals surface area contributed by atoms with Gasteiger partial charge in [-0.05, 0) is 60.7 Å². The van der Waals surface area contributed by atoms with Crippen LogP contribution < -0.4 is 10.1 Å². The first-order chi connectivity index (χ1) is 15.7. The van der Waals surface area contributed by atoms with Gasteiger partial charge in [-0.25, -0.2) is 8.78 Å². The molecule has 0 saturated heterocycles. The van der Waals surface area contributed by atoms with Crippen molar-refractivity contribution in [1.82, 2.24) is 15.2 Å². The van der Waals surface area contributed by atoms with Crippen LogP contribution in [0.15, 0.2) is 73.6 Å². The van der Waals surface area contributed by atoms with Crippen molar-refractivity contribution in [2.45, 2.75) is 13.5 Å². The summed E-state index contributed by atoms with van der Waals surface area (Å²) in [5.41, 5.74) is 2.76. The Kier molecular flexibility index (Phi) is 7.56. The average molecular weight is 450 g/mol. The molecular formula is C26H25F2N3O2. The zero-order valence-electron chi connectivity index (χ0n) is 18.7. The first-order valence-electron chi connectivity index (χ1n) is 10.2. The van der Waals surface area contributed by atoms with Gasteiger partial charge in [0.05, 0.1) is 5.69 Å². The second-order valence-electron chi connectivity index (χ2n) is 7.67. The number of hydrogen-bond acceptors (Lipinski definition) is 4. The first kappa shape index (κ1) is 23.7. The van der Waals surface area contributed by atoms with Crippen molar-refractivity contribution < 1.29 is 18.3 Å². The number of rotatable bonds is 8. The van der Waals surface area contributed by atoms with Gasteiger partial charge >= 0.3 is 0 Å². The SMILES string of the molecule is C=C(/C=C\N(C)C)c1cc(Oc2cccc(C(=O)NCc3cc(F)cc(F)c3)c2C)ccn1. The van der Waals surface area contributed by atoms with Crippen LogP contribution in [0, 0.1) is 18.6 Å². The Morgan fingerprint density at radius 1 is 1.15 bits per heavy atom. The fraction of sp³-hybridized carbons (Fsp3) is 0.154. The maximum Gasteiger partial charge on any atom is 0.251 e. The monoisotopic (exact) mass is 449 g/mol. The number of nitrogens with one attached hydrogen (secondary N) is 1. The van der Waals surface area contributed by atoms with E-state index in [-0.39, 0.29) is 12.5 Å². The second kappa shape index (κ2) is 10.5. The zero-order chi connectivity index (χ0) is 24.0. The molecule has 1 heterocycles. The molecule has 0 aliphatic rings. The summed E-state index contributed by atoms with van der Waals surface area (Å²) in [6.07, 6.45) is 5.36. The lowest BCUT2D eigenvalue weighted by atomic mass is 10.1. The predicted molar refractivity (Wildman–Crippen MR) is 125 cm³/mol. The number of allylic oxidation sites excluding steroid dienone is 2. The summed E-state index contributed by atoms with van der Waals surface area (Å²) in [5.74, 6) is -0.702. The van der Waals surface area contributed by atoms with E-state index in [4.69, 9.17) is 4.74 Å². The van der Waals surface area contributed by atoms with Crippen LogP contribution in [-0.4, -0.2) is 29.9 Å². The number of carbonyl (C=O) groups excluding carboxylic acids is 1. The van der Waals surface area contributed by atoms with Gasteiger partial charge in [0.1, 0.15) is 23.1 Å². The number of halogens is 2. The van der Waals surface area contributed by atoms with Crippen molar-refractivity contribution in [2.75, 3.05) is 14.1 Å². The molecule has 1 N–H and O–H groups in total. The number of carbonyl (C=O) groups is 1. The van der Waals surface area contributed by atoms with Gasteiger partial charge in [-0.2, -0.15) is 0 Å². The number of benzene rings is 2. The van der Waals surface area contributed by atoms with Crippen LogP contribution in [0.1, 0.15) is 27.2 Å². The van der Waals surface area contributed by atoms with Crippen molar-refractivity contribution in [2.24, 2.45) is 0 Å². The van der Waals surface area contributed by atoms with E-state index in [2.05, 4.69) is 16.9 Å². The molecule has 3 aromatic rings. The van der Waals surface area contributed by atoms with Crippen molar-refractivity contribution >= 4 is 11.5 Å². The van der Waals surface area contributed by atoms with Gasteiger partial charge in [0.2, 0.25) is 0 Å². The quantitative estimate of drug-likeness (QED) is 0.463. The molecule has 7 heteroatoms. The Balaban J connectivity index is 1.74. The highest BCUT2D eigenvalue weighted by Crippen LogP contribution is 2.28. The van der Waals surface area contributed by atoms with Gasteiger partial charge in [0.15, 0.2) is 0 Å². The van der Waals surface area contributed by atoms with Gasteiger partial charge in [0.25, 0.3) is 5.91 Å².